The van der Waals surface area contributed by atoms with Crippen molar-refractivity contribution in [2.24, 2.45) is 7.05 Å². The van der Waals surface area contributed by atoms with Crippen LogP contribution in [-0.2, 0) is 11.8 Å². The molecule has 0 bridgehead atoms. The van der Waals surface area contributed by atoms with E-state index in [1.54, 1.807) is 29.8 Å². The van der Waals surface area contributed by atoms with Crippen LogP contribution in [0.3, 0.4) is 0 Å². The Morgan fingerprint density at radius 2 is 1.91 bits per heavy atom. The molecule has 23 heavy (non-hydrogen) atoms. The third-order valence-electron chi connectivity index (χ3n) is 4.05. The van der Waals surface area contributed by atoms with Gasteiger partial charge in [0.1, 0.15) is 0 Å². The number of aryl methyl sites for hydroxylation is 3. The van der Waals surface area contributed by atoms with E-state index in [1.807, 2.05) is 27.8 Å². The molecule has 1 aromatic heterocycles. The van der Waals surface area contributed by atoms with Crippen molar-refractivity contribution in [3.05, 3.63) is 46.3 Å². The molecule has 6 nitrogen and oxygen atoms in total. The second-order valence-electron chi connectivity index (χ2n) is 5.77. The lowest BCUT2D eigenvalue weighted by atomic mass is 9.98. The van der Waals surface area contributed by atoms with Gasteiger partial charge in [-0.2, -0.15) is 5.10 Å². The van der Waals surface area contributed by atoms with Crippen molar-refractivity contribution in [2.75, 3.05) is 5.32 Å². The van der Waals surface area contributed by atoms with Crippen LogP contribution in [0.15, 0.2) is 18.2 Å². The molecule has 1 unspecified atom stereocenters. The summed E-state index contributed by atoms with van der Waals surface area (Å²) in [7, 11) is 1.83. The molecule has 1 atom stereocenters. The van der Waals surface area contributed by atoms with E-state index in [1.165, 1.54) is 0 Å². The van der Waals surface area contributed by atoms with Crippen molar-refractivity contribution < 1.29 is 14.7 Å². The van der Waals surface area contributed by atoms with Crippen LogP contribution in [0, 0.1) is 20.8 Å². The fraction of sp³-hybridized carbons (Fsp3) is 0.353. The Labute approximate surface area is 135 Å². The number of carboxylic acid groups (broad SMARTS) is 1. The highest BCUT2D eigenvalue weighted by atomic mass is 16.4. The molecule has 6 heteroatoms. The van der Waals surface area contributed by atoms with Crippen LogP contribution in [0.4, 0.5) is 5.69 Å². The molecule has 1 heterocycles. The number of aromatic nitrogens is 2. The van der Waals surface area contributed by atoms with E-state index in [0.717, 1.165) is 22.5 Å². The van der Waals surface area contributed by atoms with Crippen LogP contribution in [0.25, 0.3) is 0 Å². The molecule has 1 aromatic carbocycles. The number of carbonyl (C=O) groups excluding carboxylic acids is 1. The van der Waals surface area contributed by atoms with Crippen molar-refractivity contribution in [1.29, 1.82) is 0 Å². The van der Waals surface area contributed by atoms with Crippen LogP contribution in [0.5, 0.6) is 0 Å². The molecule has 0 aliphatic carbocycles. The lowest BCUT2D eigenvalue weighted by Crippen LogP contribution is -2.21. The maximum absolute atomic E-state index is 12.5. The summed E-state index contributed by atoms with van der Waals surface area (Å²) >= 11 is 0. The van der Waals surface area contributed by atoms with Crippen LogP contribution in [0.2, 0.25) is 0 Å². The third kappa shape index (κ3) is 3.26. The van der Waals surface area contributed by atoms with Crippen LogP contribution in [-0.4, -0.2) is 26.8 Å². The van der Waals surface area contributed by atoms with Gasteiger partial charge in [-0.05, 0) is 39.8 Å². The van der Waals surface area contributed by atoms with Gasteiger partial charge < -0.3 is 10.4 Å². The fourth-order valence-electron chi connectivity index (χ4n) is 2.73. The molecular formula is C17H21N3O3. The number of rotatable bonds is 4. The smallest absolute Gasteiger partial charge is 0.337 e. The molecule has 0 aliphatic heterocycles. The highest BCUT2D eigenvalue weighted by molar-refractivity contribution is 6.02. The zero-order chi connectivity index (χ0) is 17.3. The number of nitrogens with one attached hydrogen (secondary N) is 1. The number of anilines is 1. The standard InChI is InChI=1S/C17H21N3O3/c1-9-6-7-14(13(8-9)17(22)23)18-16(21)10(2)15-11(3)19-20(5)12(15)4/h6-8,10H,1-5H3,(H,18,21)(H,22,23). The van der Waals surface area contributed by atoms with Gasteiger partial charge in [-0.3, -0.25) is 9.48 Å². The maximum atomic E-state index is 12.5. The van der Waals surface area contributed by atoms with Gasteiger partial charge in [-0.1, -0.05) is 11.6 Å². The first-order valence-corrected chi connectivity index (χ1v) is 7.37. The van der Waals surface area contributed by atoms with Gasteiger partial charge in [0.05, 0.1) is 22.9 Å². The van der Waals surface area contributed by atoms with E-state index in [4.69, 9.17) is 0 Å². The van der Waals surface area contributed by atoms with Gasteiger partial charge in [-0.15, -0.1) is 0 Å². The van der Waals surface area contributed by atoms with E-state index in [-0.39, 0.29) is 11.5 Å². The zero-order valence-electron chi connectivity index (χ0n) is 14.0. The summed E-state index contributed by atoms with van der Waals surface area (Å²) < 4.78 is 1.74. The number of benzene rings is 1. The zero-order valence-corrected chi connectivity index (χ0v) is 14.0. The van der Waals surface area contributed by atoms with Gasteiger partial charge in [-0.25, -0.2) is 4.79 Å². The largest absolute Gasteiger partial charge is 0.478 e. The number of hydrogen-bond acceptors (Lipinski definition) is 3. The Bertz CT molecular complexity index is 778. The Balaban J connectivity index is 2.31. The molecule has 1 amide bonds. The topological polar surface area (TPSA) is 84.2 Å². The minimum absolute atomic E-state index is 0.0881. The number of hydrogen-bond donors (Lipinski definition) is 2. The molecule has 0 aliphatic rings. The van der Waals surface area contributed by atoms with E-state index in [0.29, 0.717) is 5.69 Å². The van der Waals surface area contributed by atoms with E-state index >= 15 is 0 Å². The summed E-state index contributed by atoms with van der Waals surface area (Å²) in [6.07, 6.45) is 0. The second kappa shape index (κ2) is 6.24. The SMILES string of the molecule is Cc1ccc(NC(=O)C(C)c2c(C)nn(C)c2C)c(C(=O)O)c1. The minimum atomic E-state index is -1.06. The molecule has 0 saturated carbocycles. The first kappa shape index (κ1) is 16.7. The van der Waals surface area contributed by atoms with E-state index in [9.17, 15) is 14.7 Å². The van der Waals surface area contributed by atoms with Crippen molar-refractivity contribution in [1.82, 2.24) is 9.78 Å². The molecular weight excluding hydrogens is 294 g/mol. The summed E-state index contributed by atoms with van der Waals surface area (Å²) in [5, 5.41) is 16.3. The predicted octanol–water partition coefficient (Wildman–Crippen LogP) is 2.79. The number of aromatic carboxylic acids is 1. The van der Waals surface area contributed by atoms with E-state index < -0.39 is 11.9 Å². The second-order valence-corrected chi connectivity index (χ2v) is 5.77. The molecule has 2 N–H and O–H groups in total. The Kier molecular flexibility index (Phi) is 4.54. The lowest BCUT2D eigenvalue weighted by molar-refractivity contribution is -0.117. The molecule has 0 saturated heterocycles. The lowest BCUT2D eigenvalue weighted by Gasteiger charge is -2.15. The average molecular weight is 315 g/mol. The van der Waals surface area contributed by atoms with Crippen molar-refractivity contribution in [3.63, 3.8) is 0 Å². The number of amides is 1. The highest BCUT2D eigenvalue weighted by Crippen LogP contribution is 2.25. The minimum Gasteiger partial charge on any atom is -0.478 e. The van der Waals surface area contributed by atoms with Crippen molar-refractivity contribution in [3.8, 4) is 0 Å². The summed E-state index contributed by atoms with van der Waals surface area (Å²) in [6, 6.07) is 4.93. The first-order valence-electron chi connectivity index (χ1n) is 7.37. The quantitative estimate of drug-likeness (QED) is 0.908. The Morgan fingerprint density at radius 1 is 1.26 bits per heavy atom. The molecule has 2 aromatic rings. The molecule has 0 fully saturated rings. The Morgan fingerprint density at radius 3 is 2.43 bits per heavy atom. The van der Waals surface area contributed by atoms with Gasteiger partial charge in [0.25, 0.3) is 0 Å². The fourth-order valence-corrected chi connectivity index (χ4v) is 2.73. The van der Waals surface area contributed by atoms with Gasteiger partial charge >= 0.3 is 5.97 Å². The van der Waals surface area contributed by atoms with Gasteiger partial charge in [0.15, 0.2) is 0 Å². The predicted molar refractivity (Wildman–Crippen MR) is 87.9 cm³/mol. The molecule has 0 radical (unpaired) electrons. The number of nitrogens with zero attached hydrogens (tertiary/aromatic N) is 2. The molecule has 122 valence electrons. The third-order valence-corrected chi connectivity index (χ3v) is 4.05. The van der Waals surface area contributed by atoms with Crippen molar-refractivity contribution >= 4 is 17.6 Å². The maximum Gasteiger partial charge on any atom is 0.337 e. The molecule has 0 spiro atoms. The number of carbonyl (C=O) groups is 2. The van der Waals surface area contributed by atoms with Crippen LogP contribution < -0.4 is 5.32 Å². The van der Waals surface area contributed by atoms with E-state index in [2.05, 4.69) is 10.4 Å². The summed E-state index contributed by atoms with van der Waals surface area (Å²) in [6.45, 7) is 7.37. The monoisotopic (exact) mass is 315 g/mol. The number of carboxylic acids is 1. The summed E-state index contributed by atoms with van der Waals surface area (Å²) in [5.74, 6) is -1.74. The normalized spacial score (nSPS) is 12.0. The summed E-state index contributed by atoms with van der Waals surface area (Å²) in [5.41, 5.74) is 3.81. The highest BCUT2D eigenvalue weighted by Gasteiger charge is 2.24. The average Bonchev–Trinajstić information content (AvgIpc) is 2.73. The van der Waals surface area contributed by atoms with Crippen LogP contribution in [0.1, 0.15) is 45.7 Å². The first-order chi connectivity index (χ1) is 10.7. The summed E-state index contributed by atoms with van der Waals surface area (Å²) in [4.78, 5) is 23.9. The Hall–Kier alpha value is -2.63. The van der Waals surface area contributed by atoms with Crippen molar-refractivity contribution in [2.45, 2.75) is 33.6 Å². The van der Waals surface area contributed by atoms with Crippen LogP contribution >= 0.6 is 0 Å². The molecule has 2 rings (SSSR count). The van der Waals surface area contributed by atoms with Gasteiger partial charge in [0.2, 0.25) is 5.91 Å². The van der Waals surface area contributed by atoms with Gasteiger partial charge in [0, 0.05) is 18.3 Å².